The molecule has 1 saturated heterocycles. The topological polar surface area (TPSA) is 55.8 Å². The van der Waals surface area contributed by atoms with Gasteiger partial charge in [0, 0.05) is 16.0 Å². The molecule has 1 aliphatic rings. The molecule has 5 nitrogen and oxygen atoms in total. The Hall–Kier alpha value is -2.78. The summed E-state index contributed by atoms with van der Waals surface area (Å²) in [6.45, 7) is 0.664. The van der Waals surface area contributed by atoms with Crippen LogP contribution in [0.25, 0.3) is 16.8 Å². The average Bonchev–Trinajstić information content (AvgIpc) is 3.16. The normalized spacial score (nSPS) is 14.5. The van der Waals surface area contributed by atoms with Gasteiger partial charge in [-0.25, -0.2) is 0 Å². The maximum Gasteiger partial charge on any atom is 0.293 e. The molecule has 4 aromatic rings. The van der Waals surface area contributed by atoms with Crippen LogP contribution in [0.15, 0.2) is 92.7 Å². The highest BCUT2D eigenvalue weighted by molar-refractivity contribution is 9.11. The smallest absolute Gasteiger partial charge is 0.293 e. The van der Waals surface area contributed by atoms with Crippen molar-refractivity contribution in [3.63, 3.8) is 0 Å². The molecule has 0 saturated carbocycles. The van der Waals surface area contributed by atoms with Crippen LogP contribution >= 0.6 is 55.2 Å². The third-order valence-electron chi connectivity index (χ3n) is 5.84. The number of amides is 2. The molecule has 4 aromatic carbocycles. The van der Waals surface area contributed by atoms with Gasteiger partial charge in [-0.05, 0) is 84.9 Å². The van der Waals surface area contributed by atoms with Crippen LogP contribution in [-0.4, -0.2) is 29.2 Å². The van der Waals surface area contributed by atoms with Crippen LogP contribution in [0.2, 0.25) is 5.02 Å². The maximum absolute atomic E-state index is 13.0. The lowest BCUT2D eigenvalue weighted by Gasteiger charge is -2.14. The molecule has 0 radical (unpaired) electrons. The van der Waals surface area contributed by atoms with Crippen molar-refractivity contribution < 1.29 is 19.1 Å². The molecular weight excluding hydrogens is 654 g/mol. The number of rotatable bonds is 8. The number of ether oxygens (including phenoxy) is 2. The highest BCUT2D eigenvalue weighted by Gasteiger charge is 2.35. The fourth-order valence-electron chi connectivity index (χ4n) is 3.98. The Kier molecular flexibility index (Phi) is 8.43. The van der Waals surface area contributed by atoms with E-state index in [0.717, 1.165) is 39.4 Å². The first kappa shape index (κ1) is 26.8. The summed E-state index contributed by atoms with van der Waals surface area (Å²) < 4.78 is 13.3. The fourth-order valence-corrected chi connectivity index (χ4v) is 6.48. The molecule has 0 atom stereocenters. The molecular formula is C29H20Br2ClNO4S. The van der Waals surface area contributed by atoms with E-state index in [9.17, 15) is 9.59 Å². The van der Waals surface area contributed by atoms with Crippen molar-refractivity contribution in [2.24, 2.45) is 0 Å². The summed E-state index contributed by atoms with van der Waals surface area (Å²) in [5, 5.41) is 2.37. The van der Waals surface area contributed by atoms with E-state index in [2.05, 4.69) is 31.9 Å². The minimum Gasteiger partial charge on any atom is -0.491 e. The maximum atomic E-state index is 13.0. The third-order valence-corrected chi connectivity index (χ3v) is 8.30. The first-order valence-corrected chi connectivity index (χ1v) is 14.4. The quantitative estimate of drug-likeness (QED) is 0.175. The Balaban J connectivity index is 1.24. The lowest BCUT2D eigenvalue weighted by Crippen LogP contribution is -2.32. The number of hydrogen-bond donors (Lipinski definition) is 0. The second kappa shape index (κ2) is 11.9. The van der Waals surface area contributed by atoms with E-state index in [1.165, 1.54) is 4.90 Å². The third kappa shape index (κ3) is 5.94. The Morgan fingerprint density at radius 2 is 1.61 bits per heavy atom. The molecule has 1 fully saturated rings. The van der Waals surface area contributed by atoms with Crippen molar-refractivity contribution in [2.45, 2.75) is 6.61 Å². The molecule has 2 amide bonds. The Bertz CT molecular complexity index is 1550. The van der Waals surface area contributed by atoms with E-state index < -0.39 is 0 Å². The zero-order chi connectivity index (χ0) is 26.6. The summed E-state index contributed by atoms with van der Waals surface area (Å²) >= 11 is 14.2. The standard InChI is InChI=1S/C29H20Br2ClNO4S/c30-22-14-18(15-23(31)27(22)37-17-20-7-2-4-10-24(20)32)16-26-28(34)33(29(35)38-26)12-13-36-25-11-5-8-19-6-1-3-9-21(19)25/h1-11,14-16H,12-13,17H2/b26-16-. The molecule has 9 heteroatoms. The molecule has 0 spiro atoms. The zero-order valence-electron chi connectivity index (χ0n) is 19.8. The van der Waals surface area contributed by atoms with Crippen LogP contribution in [0.3, 0.4) is 0 Å². The molecule has 0 aliphatic carbocycles. The second-order valence-corrected chi connectivity index (χ2v) is 11.5. The van der Waals surface area contributed by atoms with E-state index in [1.54, 1.807) is 6.08 Å². The van der Waals surface area contributed by atoms with E-state index in [1.807, 2.05) is 78.9 Å². The second-order valence-electron chi connectivity index (χ2n) is 8.35. The number of fused-ring (bicyclic) bond motifs is 1. The molecule has 0 unspecified atom stereocenters. The van der Waals surface area contributed by atoms with Gasteiger partial charge in [-0.3, -0.25) is 14.5 Å². The summed E-state index contributed by atoms with van der Waals surface area (Å²) in [7, 11) is 0. The van der Waals surface area contributed by atoms with Gasteiger partial charge in [0.1, 0.15) is 24.7 Å². The van der Waals surface area contributed by atoms with Gasteiger partial charge < -0.3 is 9.47 Å². The average molecular weight is 674 g/mol. The highest BCUT2D eigenvalue weighted by atomic mass is 79.9. The molecule has 5 rings (SSSR count). The van der Waals surface area contributed by atoms with E-state index in [4.69, 9.17) is 21.1 Å². The van der Waals surface area contributed by atoms with Crippen molar-refractivity contribution in [2.75, 3.05) is 13.2 Å². The summed E-state index contributed by atoms with van der Waals surface area (Å²) in [6, 6.07) is 24.9. The van der Waals surface area contributed by atoms with Gasteiger partial charge in [0.15, 0.2) is 0 Å². The number of hydrogen-bond acceptors (Lipinski definition) is 5. The van der Waals surface area contributed by atoms with Crippen molar-refractivity contribution in [1.82, 2.24) is 4.90 Å². The van der Waals surface area contributed by atoms with E-state index in [-0.39, 0.29) is 24.3 Å². The Labute approximate surface area is 246 Å². The summed E-state index contributed by atoms with van der Waals surface area (Å²) in [4.78, 5) is 27.2. The van der Waals surface area contributed by atoms with Crippen molar-refractivity contribution in [3.8, 4) is 11.5 Å². The Morgan fingerprint density at radius 3 is 2.39 bits per heavy atom. The van der Waals surface area contributed by atoms with E-state index in [0.29, 0.717) is 31.2 Å². The van der Waals surface area contributed by atoms with Crippen molar-refractivity contribution in [1.29, 1.82) is 0 Å². The van der Waals surface area contributed by atoms with Crippen molar-refractivity contribution in [3.05, 3.63) is 109 Å². The van der Waals surface area contributed by atoms with Crippen LogP contribution in [0.1, 0.15) is 11.1 Å². The number of halogens is 3. The summed E-state index contributed by atoms with van der Waals surface area (Å²) in [5.74, 6) is 0.991. The van der Waals surface area contributed by atoms with E-state index >= 15 is 0 Å². The van der Waals surface area contributed by atoms with Gasteiger partial charge >= 0.3 is 0 Å². The number of carbonyl (C=O) groups excluding carboxylic acids is 2. The molecule has 0 N–H and O–H groups in total. The van der Waals surface area contributed by atoms with Crippen LogP contribution in [0.4, 0.5) is 4.79 Å². The number of thioether (sulfide) groups is 1. The number of nitrogens with zero attached hydrogens (tertiary/aromatic N) is 1. The molecule has 0 bridgehead atoms. The Morgan fingerprint density at radius 1 is 0.895 bits per heavy atom. The van der Waals surface area contributed by atoms with Crippen LogP contribution < -0.4 is 9.47 Å². The first-order chi connectivity index (χ1) is 18.4. The number of carbonyl (C=O) groups is 2. The minimum absolute atomic E-state index is 0.160. The lowest BCUT2D eigenvalue weighted by atomic mass is 10.1. The fraction of sp³-hybridized carbons (Fsp3) is 0.103. The zero-order valence-corrected chi connectivity index (χ0v) is 24.6. The predicted molar refractivity (Wildman–Crippen MR) is 160 cm³/mol. The first-order valence-electron chi connectivity index (χ1n) is 11.6. The monoisotopic (exact) mass is 671 g/mol. The van der Waals surface area contributed by atoms with Crippen LogP contribution in [-0.2, 0) is 11.4 Å². The van der Waals surface area contributed by atoms with Gasteiger partial charge in [0.2, 0.25) is 0 Å². The molecule has 1 aliphatic heterocycles. The highest BCUT2D eigenvalue weighted by Crippen LogP contribution is 2.38. The molecule has 0 aromatic heterocycles. The minimum atomic E-state index is -0.340. The van der Waals surface area contributed by atoms with Gasteiger partial charge in [0.05, 0.1) is 20.4 Å². The largest absolute Gasteiger partial charge is 0.491 e. The molecule has 38 heavy (non-hydrogen) atoms. The SMILES string of the molecule is O=C1S/C(=C\c2cc(Br)c(OCc3ccccc3Cl)c(Br)c2)C(=O)N1CCOc1cccc2ccccc12. The predicted octanol–water partition coefficient (Wildman–Crippen LogP) is 8.71. The number of imide groups is 1. The van der Waals surface area contributed by atoms with Gasteiger partial charge in [-0.1, -0.05) is 66.2 Å². The van der Waals surface area contributed by atoms with Crippen LogP contribution in [0.5, 0.6) is 11.5 Å². The summed E-state index contributed by atoms with van der Waals surface area (Å²) in [6.07, 6.45) is 1.70. The summed E-state index contributed by atoms with van der Waals surface area (Å²) in [5.41, 5.74) is 1.61. The molecule has 192 valence electrons. The van der Waals surface area contributed by atoms with Crippen LogP contribution in [0, 0.1) is 0 Å². The molecule has 1 heterocycles. The lowest BCUT2D eigenvalue weighted by molar-refractivity contribution is -0.123. The van der Waals surface area contributed by atoms with Gasteiger partial charge in [0.25, 0.3) is 11.1 Å². The van der Waals surface area contributed by atoms with Gasteiger partial charge in [-0.2, -0.15) is 0 Å². The van der Waals surface area contributed by atoms with Crippen molar-refractivity contribution >= 4 is 83.2 Å². The van der Waals surface area contributed by atoms with Gasteiger partial charge in [-0.15, -0.1) is 0 Å². The number of benzene rings is 4.